The van der Waals surface area contributed by atoms with Crippen LogP contribution in [-0.2, 0) is 19.1 Å². The highest BCUT2D eigenvalue weighted by Crippen LogP contribution is 2.33. The van der Waals surface area contributed by atoms with Gasteiger partial charge in [-0.2, -0.15) is 0 Å². The molecule has 2 saturated heterocycles. The summed E-state index contributed by atoms with van der Waals surface area (Å²) < 4.78 is 10.1. The Balaban J connectivity index is 1.74. The number of hydrogen-bond donors (Lipinski definition) is 1. The van der Waals surface area contributed by atoms with Gasteiger partial charge < -0.3 is 19.7 Å². The largest absolute Gasteiger partial charge is 0.419 e. The molecule has 2 fully saturated rings. The molecule has 0 aromatic heterocycles. The Labute approximate surface area is 158 Å². The van der Waals surface area contributed by atoms with Crippen molar-refractivity contribution in [2.75, 3.05) is 16.8 Å². The van der Waals surface area contributed by atoms with Crippen LogP contribution in [0.3, 0.4) is 0 Å². The predicted octanol–water partition coefficient (Wildman–Crippen LogP) is 3.85. The first-order valence-electron chi connectivity index (χ1n) is 8.76. The average molecular weight is 379 g/mol. The van der Waals surface area contributed by atoms with Crippen molar-refractivity contribution in [3.05, 3.63) is 35.0 Å². The number of benzene rings is 1. The number of nitrogens with one attached hydrogen (secondary N) is 1. The summed E-state index contributed by atoms with van der Waals surface area (Å²) in [4.78, 5) is 26.2. The number of hydrogen-bond acceptors (Lipinski definition) is 6. The fraction of sp³-hybridized carbons (Fsp3) is 0.474. The fourth-order valence-electron chi connectivity index (χ4n) is 3.22. The summed E-state index contributed by atoms with van der Waals surface area (Å²) in [6.07, 6.45) is 4.84. The third-order valence-electron chi connectivity index (χ3n) is 4.56. The maximum atomic E-state index is 11.9. The molecule has 0 radical (unpaired) electrons. The van der Waals surface area contributed by atoms with Gasteiger partial charge in [0.05, 0.1) is 10.7 Å². The van der Waals surface area contributed by atoms with Gasteiger partial charge in [0.25, 0.3) is 5.79 Å². The molecule has 2 heterocycles. The number of cyclic esters (lactones) is 2. The number of ether oxygens (including phenoxy) is 2. The molecule has 7 heteroatoms. The Morgan fingerprint density at radius 1 is 1.23 bits per heavy atom. The number of rotatable bonds is 3. The van der Waals surface area contributed by atoms with Gasteiger partial charge in [-0.1, -0.05) is 11.6 Å². The molecule has 3 rings (SSSR count). The van der Waals surface area contributed by atoms with E-state index in [1.165, 1.54) is 26.5 Å². The number of nitrogens with zero attached hydrogens (tertiary/aromatic N) is 1. The summed E-state index contributed by atoms with van der Waals surface area (Å²) in [5.41, 5.74) is 1.48. The van der Waals surface area contributed by atoms with Crippen molar-refractivity contribution in [1.29, 1.82) is 0 Å². The van der Waals surface area contributed by atoms with E-state index in [1.54, 1.807) is 6.07 Å². The van der Waals surface area contributed by atoms with Crippen molar-refractivity contribution in [3.63, 3.8) is 0 Å². The zero-order valence-corrected chi connectivity index (χ0v) is 15.9. The van der Waals surface area contributed by atoms with Crippen molar-refractivity contribution in [2.45, 2.75) is 51.9 Å². The molecule has 0 saturated carbocycles. The van der Waals surface area contributed by atoms with Crippen molar-refractivity contribution >= 4 is 34.9 Å². The molecule has 0 bridgehead atoms. The normalized spacial score (nSPS) is 22.5. The minimum absolute atomic E-state index is 0.186. The predicted molar refractivity (Wildman–Crippen MR) is 100 cm³/mol. The lowest BCUT2D eigenvalue weighted by atomic mass is 10.0. The SMILES string of the molecule is CC1CCCCN1c1ccc(NC=C2C(=O)OC(C)(C)OC2=O)cc1Cl. The zero-order valence-electron chi connectivity index (χ0n) is 15.2. The van der Waals surface area contributed by atoms with Crippen molar-refractivity contribution in [3.8, 4) is 0 Å². The lowest BCUT2D eigenvalue weighted by molar-refractivity contribution is -0.222. The van der Waals surface area contributed by atoms with Crippen LogP contribution >= 0.6 is 11.6 Å². The van der Waals surface area contributed by atoms with Gasteiger partial charge in [-0.3, -0.25) is 0 Å². The van der Waals surface area contributed by atoms with E-state index in [0.29, 0.717) is 16.8 Å². The van der Waals surface area contributed by atoms with Gasteiger partial charge in [0.15, 0.2) is 5.57 Å². The molecule has 1 unspecified atom stereocenters. The highest BCUT2D eigenvalue weighted by Gasteiger charge is 2.38. The lowest BCUT2D eigenvalue weighted by Crippen LogP contribution is -2.42. The molecule has 140 valence electrons. The first-order chi connectivity index (χ1) is 12.3. The topological polar surface area (TPSA) is 67.9 Å². The van der Waals surface area contributed by atoms with Gasteiger partial charge >= 0.3 is 11.9 Å². The third-order valence-corrected chi connectivity index (χ3v) is 4.86. The second kappa shape index (κ2) is 7.19. The first-order valence-corrected chi connectivity index (χ1v) is 9.14. The molecule has 26 heavy (non-hydrogen) atoms. The van der Waals surface area contributed by atoms with Crippen LogP contribution < -0.4 is 10.2 Å². The first kappa shape index (κ1) is 18.6. The van der Waals surface area contributed by atoms with Gasteiger partial charge in [-0.15, -0.1) is 0 Å². The minimum Gasteiger partial charge on any atom is -0.419 e. The van der Waals surface area contributed by atoms with Crippen LogP contribution in [0, 0.1) is 0 Å². The van der Waals surface area contributed by atoms with Gasteiger partial charge in [-0.25, -0.2) is 9.59 Å². The maximum Gasteiger partial charge on any atom is 0.350 e. The quantitative estimate of drug-likeness (QED) is 0.489. The summed E-state index contributed by atoms with van der Waals surface area (Å²) in [6.45, 7) is 6.21. The van der Waals surface area contributed by atoms with Gasteiger partial charge in [0, 0.05) is 38.3 Å². The lowest BCUT2D eigenvalue weighted by Gasteiger charge is -2.36. The number of anilines is 2. The third kappa shape index (κ3) is 3.96. The number of esters is 2. The summed E-state index contributed by atoms with van der Waals surface area (Å²) in [7, 11) is 0. The number of carbonyl (C=O) groups is 2. The average Bonchev–Trinajstić information content (AvgIpc) is 2.54. The molecule has 1 N–H and O–H groups in total. The van der Waals surface area contributed by atoms with E-state index >= 15 is 0 Å². The second-order valence-electron chi connectivity index (χ2n) is 7.09. The monoisotopic (exact) mass is 378 g/mol. The molecule has 6 nitrogen and oxygen atoms in total. The van der Waals surface area contributed by atoms with E-state index in [1.807, 2.05) is 12.1 Å². The standard InChI is InChI=1S/C19H23ClN2O4/c1-12-6-4-5-9-22(12)16-8-7-13(10-15(16)20)21-11-14-17(23)25-19(2,3)26-18(14)24/h7-8,10-12,21H,4-6,9H2,1-3H3. The van der Waals surface area contributed by atoms with E-state index in [9.17, 15) is 9.59 Å². The summed E-state index contributed by atoms with van der Waals surface area (Å²) >= 11 is 6.46. The molecule has 0 spiro atoms. The fourth-order valence-corrected chi connectivity index (χ4v) is 3.51. The minimum atomic E-state index is -1.25. The number of halogens is 1. The molecule has 2 aliphatic rings. The molecule has 0 amide bonds. The van der Waals surface area contributed by atoms with Crippen LogP contribution in [0.1, 0.15) is 40.0 Å². The molecule has 2 aliphatic heterocycles. The van der Waals surface area contributed by atoms with E-state index in [0.717, 1.165) is 25.1 Å². The van der Waals surface area contributed by atoms with Crippen LogP contribution in [0.5, 0.6) is 0 Å². The molecule has 1 atom stereocenters. The van der Waals surface area contributed by atoms with Crippen molar-refractivity contribution < 1.29 is 19.1 Å². The summed E-state index contributed by atoms with van der Waals surface area (Å²) in [6, 6.07) is 6.05. The van der Waals surface area contributed by atoms with Crippen LogP contribution in [-0.4, -0.2) is 30.3 Å². The van der Waals surface area contributed by atoms with Gasteiger partial charge in [0.2, 0.25) is 0 Å². The van der Waals surface area contributed by atoms with E-state index in [4.69, 9.17) is 21.1 Å². The van der Waals surface area contributed by atoms with Crippen LogP contribution in [0.2, 0.25) is 5.02 Å². The highest BCUT2D eigenvalue weighted by atomic mass is 35.5. The van der Waals surface area contributed by atoms with E-state index < -0.39 is 17.7 Å². The Hall–Kier alpha value is -2.21. The van der Waals surface area contributed by atoms with E-state index in [2.05, 4.69) is 17.1 Å². The molecular weight excluding hydrogens is 356 g/mol. The Kier molecular flexibility index (Phi) is 5.14. The van der Waals surface area contributed by atoms with E-state index in [-0.39, 0.29) is 5.57 Å². The van der Waals surface area contributed by atoms with Crippen LogP contribution in [0.15, 0.2) is 30.0 Å². The van der Waals surface area contributed by atoms with Crippen molar-refractivity contribution in [2.24, 2.45) is 0 Å². The highest BCUT2D eigenvalue weighted by molar-refractivity contribution is 6.33. The Bertz CT molecular complexity index is 738. The van der Waals surface area contributed by atoms with Crippen LogP contribution in [0.25, 0.3) is 0 Å². The smallest absolute Gasteiger partial charge is 0.350 e. The summed E-state index contributed by atoms with van der Waals surface area (Å²) in [5, 5.41) is 3.54. The summed E-state index contributed by atoms with van der Waals surface area (Å²) in [5.74, 6) is -2.69. The molecular formula is C19H23ClN2O4. The molecule has 1 aromatic carbocycles. The second-order valence-corrected chi connectivity index (χ2v) is 7.49. The van der Waals surface area contributed by atoms with Crippen molar-refractivity contribution in [1.82, 2.24) is 0 Å². The zero-order chi connectivity index (χ0) is 18.9. The van der Waals surface area contributed by atoms with Crippen LogP contribution in [0.4, 0.5) is 11.4 Å². The molecule has 1 aromatic rings. The molecule has 0 aliphatic carbocycles. The Morgan fingerprint density at radius 2 is 1.92 bits per heavy atom. The number of carbonyl (C=O) groups excluding carboxylic acids is 2. The number of piperidine rings is 1. The Morgan fingerprint density at radius 3 is 2.54 bits per heavy atom. The van der Waals surface area contributed by atoms with Gasteiger partial charge in [-0.05, 0) is 44.4 Å². The maximum absolute atomic E-state index is 11.9. The van der Waals surface area contributed by atoms with Gasteiger partial charge in [0.1, 0.15) is 0 Å².